The second kappa shape index (κ2) is 10.4. The number of thiazole rings is 1. The average molecular weight is 497 g/mol. The maximum atomic E-state index is 13.6. The van der Waals surface area contributed by atoms with Crippen molar-refractivity contribution in [1.29, 1.82) is 0 Å². The van der Waals surface area contributed by atoms with Gasteiger partial charge in [0.25, 0.3) is 0 Å². The molecule has 0 unspecified atom stereocenters. The van der Waals surface area contributed by atoms with Crippen molar-refractivity contribution in [1.82, 2.24) is 4.98 Å². The molecule has 0 aliphatic rings. The number of benzene rings is 3. The molecule has 1 heterocycles. The van der Waals surface area contributed by atoms with Gasteiger partial charge >= 0.3 is 0 Å². The van der Waals surface area contributed by atoms with Crippen molar-refractivity contribution in [2.75, 3.05) is 12.0 Å². The van der Waals surface area contributed by atoms with Gasteiger partial charge in [-0.15, -0.1) is 11.3 Å². The van der Waals surface area contributed by atoms with Crippen molar-refractivity contribution in [3.8, 4) is 17.0 Å². The molecule has 33 heavy (non-hydrogen) atoms. The molecule has 4 nitrogen and oxygen atoms in total. The van der Waals surface area contributed by atoms with Crippen molar-refractivity contribution in [3.63, 3.8) is 0 Å². The van der Waals surface area contributed by atoms with Crippen LogP contribution in [0.2, 0.25) is 10.0 Å². The van der Waals surface area contributed by atoms with E-state index in [0.29, 0.717) is 20.9 Å². The normalized spacial score (nSPS) is 10.8. The molecule has 0 spiro atoms. The molecule has 4 aromatic rings. The lowest BCUT2D eigenvalue weighted by Crippen LogP contribution is -2.27. The highest BCUT2D eigenvalue weighted by molar-refractivity contribution is 7.16. The third kappa shape index (κ3) is 5.22. The fourth-order valence-electron chi connectivity index (χ4n) is 3.51. The van der Waals surface area contributed by atoms with Crippen LogP contribution in [0.3, 0.4) is 0 Å². The van der Waals surface area contributed by atoms with E-state index in [2.05, 4.69) is 6.92 Å². The number of nitrogens with zero attached hydrogens (tertiary/aromatic N) is 2. The van der Waals surface area contributed by atoms with Crippen LogP contribution in [0.15, 0.2) is 72.8 Å². The number of hydrogen-bond acceptors (Lipinski definition) is 4. The molecule has 0 aliphatic heterocycles. The fraction of sp³-hybridized carbons (Fsp3) is 0.154. The largest absolute Gasteiger partial charge is 0.497 e. The third-order valence-electron chi connectivity index (χ3n) is 5.16. The van der Waals surface area contributed by atoms with Crippen LogP contribution in [0, 0.1) is 0 Å². The third-order valence-corrected chi connectivity index (χ3v) is 6.88. The molecule has 1 aromatic heterocycles. The monoisotopic (exact) mass is 496 g/mol. The minimum absolute atomic E-state index is 0.122. The number of aromatic nitrogens is 1. The molecule has 168 valence electrons. The van der Waals surface area contributed by atoms with E-state index in [1.807, 2.05) is 54.6 Å². The number of rotatable bonds is 7. The first-order valence-electron chi connectivity index (χ1n) is 10.5. The molecular formula is C26H22Cl2N2O2S. The maximum Gasteiger partial charge on any atom is 0.237 e. The lowest BCUT2D eigenvalue weighted by atomic mass is 10.1. The topological polar surface area (TPSA) is 42.4 Å². The number of amides is 1. The lowest BCUT2D eigenvalue weighted by molar-refractivity contribution is -0.117. The van der Waals surface area contributed by atoms with Gasteiger partial charge in [0.15, 0.2) is 5.13 Å². The van der Waals surface area contributed by atoms with E-state index >= 15 is 0 Å². The number of carbonyl (C=O) groups is 1. The van der Waals surface area contributed by atoms with E-state index in [4.69, 9.17) is 32.9 Å². The lowest BCUT2D eigenvalue weighted by Gasteiger charge is -2.21. The summed E-state index contributed by atoms with van der Waals surface area (Å²) in [6.45, 7) is 2.08. The Balaban J connectivity index is 1.79. The zero-order chi connectivity index (χ0) is 23.4. The summed E-state index contributed by atoms with van der Waals surface area (Å²) < 4.78 is 5.28. The van der Waals surface area contributed by atoms with Gasteiger partial charge in [-0.25, -0.2) is 4.98 Å². The van der Waals surface area contributed by atoms with Crippen LogP contribution in [-0.4, -0.2) is 18.0 Å². The fourth-order valence-corrected chi connectivity index (χ4v) is 5.05. The van der Waals surface area contributed by atoms with Gasteiger partial charge in [-0.1, -0.05) is 60.5 Å². The predicted molar refractivity (Wildman–Crippen MR) is 137 cm³/mol. The van der Waals surface area contributed by atoms with Gasteiger partial charge < -0.3 is 4.74 Å². The molecule has 0 radical (unpaired) electrons. The van der Waals surface area contributed by atoms with Crippen molar-refractivity contribution in [2.24, 2.45) is 0 Å². The zero-order valence-electron chi connectivity index (χ0n) is 18.2. The Labute approximate surface area is 207 Å². The second-order valence-electron chi connectivity index (χ2n) is 7.34. The molecule has 0 N–H and O–H groups in total. The molecular weight excluding hydrogens is 475 g/mol. The van der Waals surface area contributed by atoms with Gasteiger partial charge in [-0.05, 0) is 54.4 Å². The number of carbonyl (C=O) groups excluding carboxylic acids is 1. The maximum absolute atomic E-state index is 13.6. The van der Waals surface area contributed by atoms with Crippen molar-refractivity contribution >= 4 is 51.3 Å². The Morgan fingerprint density at radius 3 is 2.39 bits per heavy atom. The van der Waals surface area contributed by atoms with Crippen LogP contribution in [0.25, 0.3) is 11.3 Å². The first kappa shape index (κ1) is 23.3. The van der Waals surface area contributed by atoms with Gasteiger partial charge in [0.05, 0.1) is 29.9 Å². The Morgan fingerprint density at radius 2 is 1.76 bits per heavy atom. The summed E-state index contributed by atoms with van der Waals surface area (Å²) in [5, 5.41) is 1.47. The van der Waals surface area contributed by atoms with Crippen LogP contribution < -0.4 is 9.64 Å². The molecule has 0 aliphatic carbocycles. The van der Waals surface area contributed by atoms with Gasteiger partial charge in [0, 0.05) is 15.5 Å². The molecule has 0 saturated carbocycles. The highest BCUT2D eigenvalue weighted by Gasteiger charge is 2.26. The van der Waals surface area contributed by atoms with Gasteiger partial charge in [0.2, 0.25) is 5.91 Å². The van der Waals surface area contributed by atoms with Gasteiger partial charge in [-0.2, -0.15) is 0 Å². The van der Waals surface area contributed by atoms with Crippen molar-refractivity contribution in [2.45, 2.75) is 19.8 Å². The summed E-state index contributed by atoms with van der Waals surface area (Å²) in [7, 11) is 1.64. The number of methoxy groups -OCH3 is 1. The number of aryl methyl sites for hydroxylation is 1. The van der Waals surface area contributed by atoms with Crippen LogP contribution in [0.1, 0.15) is 17.4 Å². The highest BCUT2D eigenvalue weighted by atomic mass is 35.5. The average Bonchev–Trinajstić information content (AvgIpc) is 3.25. The van der Waals surface area contributed by atoms with Crippen molar-refractivity contribution < 1.29 is 9.53 Å². The summed E-state index contributed by atoms with van der Waals surface area (Å²) in [5.41, 5.74) is 3.29. The van der Waals surface area contributed by atoms with Crippen LogP contribution in [0.4, 0.5) is 10.8 Å². The molecule has 0 saturated heterocycles. The Bertz CT molecular complexity index is 1260. The zero-order valence-corrected chi connectivity index (χ0v) is 20.5. The number of hydrogen-bond donors (Lipinski definition) is 0. The van der Waals surface area contributed by atoms with Crippen LogP contribution in [0.5, 0.6) is 5.75 Å². The van der Waals surface area contributed by atoms with E-state index in [1.165, 1.54) is 11.3 Å². The predicted octanol–water partition coefficient (Wildman–Crippen LogP) is 7.60. The summed E-state index contributed by atoms with van der Waals surface area (Å²) >= 11 is 14.1. The van der Waals surface area contributed by atoms with E-state index in [9.17, 15) is 4.79 Å². The number of anilines is 2. The number of halogens is 2. The first-order valence-corrected chi connectivity index (χ1v) is 12.0. The van der Waals surface area contributed by atoms with Crippen LogP contribution in [-0.2, 0) is 17.6 Å². The standard InChI is InChI=1S/C26H22Cl2N2O2S/c1-3-23-25(18-9-12-20(32-2)13-10-18)29-26(33-23)30(22-14-11-19(27)16-21(22)28)24(31)15-17-7-5-4-6-8-17/h4-14,16H,3,15H2,1-2H3. The molecule has 3 aromatic carbocycles. The van der Waals surface area contributed by atoms with E-state index in [1.54, 1.807) is 30.2 Å². The minimum Gasteiger partial charge on any atom is -0.497 e. The van der Waals surface area contributed by atoms with E-state index in [-0.39, 0.29) is 12.3 Å². The molecule has 0 atom stereocenters. The number of ether oxygens (including phenoxy) is 1. The Kier molecular flexibility index (Phi) is 7.33. The Morgan fingerprint density at radius 1 is 1.03 bits per heavy atom. The molecule has 0 fully saturated rings. The minimum atomic E-state index is -0.122. The summed E-state index contributed by atoms with van der Waals surface area (Å²) in [5.74, 6) is 0.656. The van der Waals surface area contributed by atoms with Gasteiger partial charge in [0.1, 0.15) is 5.75 Å². The van der Waals surface area contributed by atoms with Gasteiger partial charge in [-0.3, -0.25) is 9.69 Å². The summed E-state index contributed by atoms with van der Waals surface area (Å²) in [4.78, 5) is 21.1. The van der Waals surface area contributed by atoms with Crippen molar-refractivity contribution in [3.05, 3.63) is 93.3 Å². The van der Waals surface area contributed by atoms with Crippen LogP contribution >= 0.6 is 34.5 Å². The van der Waals surface area contributed by atoms with E-state index in [0.717, 1.165) is 33.9 Å². The summed E-state index contributed by atoms with van der Waals surface area (Å²) in [6, 6.07) is 22.5. The SMILES string of the molecule is CCc1sc(N(C(=O)Cc2ccccc2)c2ccc(Cl)cc2Cl)nc1-c1ccc(OC)cc1. The van der Waals surface area contributed by atoms with E-state index < -0.39 is 0 Å². The highest BCUT2D eigenvalue weighted by Crippen LogP contribution is 2.40. The smallest absolute Gasteiger partial charge is 0.237 e. The molecule has 1 amide bonds. The molecule has 4 rings (SSSR count). The summed E-state index contributed by atoms with van der Waals surface area (Å²) in [6.07, 6.45) is 1.01. The molecule has 7 heteroatoms. The Hall–Kier alpha value is -2.86. The second-order valence-corrected chi connectivity index (χ2v) is 9.24. The quantitative estimate of drug-likeness (QED) is 0.264. The first-order chi connectivity index (χ1) is 16.0. The molecule has 0 bridgehead atoms.